The summed E-state index contributed by atoms with van der Waals surface area (Å²) in [7, 11) is -4.22. The number of phenols is 2. The van der Waals surface area contributed by atoms with E-state index >= 15 is 0 Å². The Morgan fingerprint density at radius 2 is 1.38 bits per heavy atom. The number of hydrogen-bond acceptors (Lipinski definition) is 4. The summed E-state index contributed by atoms with van der Waals surface area (Å²) in [6.07, 6.45) is 2.50. The van der Waals surface area contributed by atoms with E-state index in [1.54, 1.807) is 18.2 Å². The number of aromatic hydroxyl groups is 2. The van der Waals surface area contributed by atoms with Crippen LogP contribution in [0.3, 0.4) is 0 Å². The molecule has 0 aliphatic heterocycles. The van der Waals surface area contributed by atoms with Gasteiger partial charge in [-0.2, -0.15) is 8.42 Å². The molecule has 0 spiro atoms. The van der Waals surface area contributed by atoms with Gasteiger partial charge >= 0.3 is 0 Å². The number of benzene rings is 3. The van der Waals surface area contributed by atoms with Gasteiger partial charge in [0.25, 0.3) is 10.1 Å². The number of phenolic OH excluding ortho intramolecular Hbond substituents is 2. The third-order valence-corrected chi connectivity index (χ3v) is 7.06. The Morgan fingerprint density at radius 3 is 1.94 bits per heavy atom. The van der Waals surface area contributed by atoms with Crippen LogP contribution >= 0.6 is 0 Å². The summed E-state index contributed by atoms with van der Waals surface area (Å²) in [5.41, 5.74) is 3.20. The molecule has 3 rings (SSSR count). The second-order valence-corrected chi connectivity index (χ2v) is 9.80. The molecule has 0 saturated carbocycles. The number of hydrogen-bond donors (Lipinski definition) is 3. The lowest BCUT2D eigenvalue weighted by Gasteiger charge is -2.27. The van der Waals surface area contributed by atoms with Gasteiger partial charge < -0.3 is 10.2 Å². The fourth-order valence-corrected chi connectivity index (χ4v) is 4.78. The zero-order chi connectivity index (χ0) is 23.3. The monoisotopic (exact) mass is 454 g/mol. The van der Waals surface area contributed by atoms with Crippen molar-refractivity contribution in [3.63, 3.8) is 0 Å². The van der Waals surface area contributed by atoms with E-state index in [2.05, 4.69) is 26.0 Å². The molecule has 0 saturated heterocycles. The largest absolute Gasteiger partial charge is 0.504 e. The summed E-state index contributed by atoms with van der Waals surface area (Å²) in [4.78, 5) is -0.117. The molecule has 0 fully saturated rings. The predicted octanol–water partition coefficient (Wildman–Crippen LogP) is 6.21. The standard InChI is InChI=1S/C26H30O5S/c1-3-19(21-9-12-24(13-10-21)32(29,30)31)16-23(22-11-14-25(27)26(28)17-22)15-18(2)20-7-5-4-6-8-20/h4-14,17-19,23,27-28H,3,15-16H2,1-2H3,(H,29,30,31). The lowest BCUT2D eigenvalue weighted by atomic mass is 9.78. The van der Waals surface area contributed by atoms with Crippen LogP contribution in [-0.4, -0.2) is 23.2 Å². The first-order chi connectivity index (χ1) is 15.2. The van der Waals surface area contributed by atoms with Crippen LogP contribution in [0.1, 0.15) is 67.6 Å². The molecule has 5 nitrogen and oxygen atoms in total. The first-order valence-corrected chi connectivity index (χ1v) is 12.3. The summed E-state index contributed by atoms with van der Waals surface area (Å²) in [6, 6.07) is 21.6. The summed E-state index contributed by atoms with van der Waals surface area (Å²) >= 11 is 0. The first-order valence-electron chi connectivity index (χ1n) is 10.8. The summed E-state index contributed by atoms with van der Waals surface area (Å²) in [6.45, 7) is 4.28. The minimum atomic E-state index is -4.22. The smallest absolute Gasteiger partial charge is 0.294 e. The van der Waals surface area contributed by atoms with Crippen molar-refractivity contribution in [3.05, 3.63) is 89.5 Å². The number of rotatable bonds is 9. The van der Waals surface area contributed by atoms with Crippen LogP contribution in [0.4, 0.5) is 0 Å². The van der Waals surface area contributed by atoms with Crippen LogP contribution in [0, 0.1) is 0 Å². The van der Waals surface area contributed by atoms with E-state index in [0.29, 0.717) is 0 Å². The van der Waals surface area contributed by atoms with Gasteiger partial charge in [-0.05, 0) is 78.0 Å². The van der Waals surface area contributed by atoms with E-state index in [-0.39, 0.29) is 34.1 Å². The lowest BCUT2D eigenvalue weighted by Crippen LogP contribution is -2.10. The Bertz CT molecular complexity index is 1120. The molecule has 3 aromatic carbocycles. The molecular formula is C26H30O5S. The van der Waals surface area contributed by atoms with Gasteiger partial charge in [0.15, 0.2) is 11.5 Å². The predicted molar refractivity (Wildman–Crippen MR) is 126 cm³/mol. The quantitative estimate of drug-likeness (QED) is 0.264. The lowest BCUT2D eigenvalue weighted by molar-refractivity contribution is 0.400. The SMILES string of the molecule is CCC(CC(CC(C)c1ccccc1)c1ccc(O)c(O)c1)c1ccc(S(=O)(=O)O)cc1. The molecule has 0 amide bonds. The molecule has 6 heteroatoms. The average molecular weight is 455 g/mol. The molecule has 170 valence electrons. The van der Waals surface area contributed by atoms with Crippen molar-refractivity contribution in [2.45, 2.75) is 55.8 Å². The average Bonchev–Trinajstić information content (AvgIpc) is 2.78. The fraction of sp³-hybridized carbons (Fsp3) is 0.308. The van der Waals surface area contributed by atoms with E-state index in [1.165, 1.54) is 23.8 Å². The minimum absolute atomic E-state index is 0.114. The third kappa shape index (κ3) is 5.90. The Hall–Kier alpha value is -2.83. The fourth-order valence-electron chi connectivity index (χ4n) is 4.30. The summed E-state index contributed by atoms with van der Waals surface area (Å²) < 4.78 is 32.0. The van der Waals surface area contributed by atoms with Crippen molar-refractivity contribution < 1.29 is 23.2 Å². The highest BCUT2D eigenvalue weighted by atomic mass is 32.2. The van der Waals surface area contributed by atoms with Gasteiger partial charge in [0.2, 0.25) is 0 Å². The van der Waals surface area contributed by atoms with Crippen molar-refractivity contribution in [1.29, 1.82) is 0 Å². The molecule has 3 unspecified atom stereocenters. The van der Waals surface area contributed by atoms with E-state index in [1.807, 2.05) is 24.3 Å². The van der Waals surface area contributed by atoms with Crippen molar-refractivity contribution in [1.82, 2.24) is 0 Å². The minimum Gasteiger partial charge on any atom is -0.504 e. The Balaban J connectivity index is 1.90. The Labute approximate surface area is 190 Å². The second kappa shape index (κ2) is 10.2. The molecule has 0 aliphatic carbocycles. The Kier molecular flexibility index (Phi) is 7.59. The molecule has 3 aromatic rings. The highest BCUT2D eigenvalue weighted by molar-refractivity contribution is 7.85. The van der Waals surface area contributed by atoms with Crippen molar-refractivity contribution in [2.75, 3.05) is 0 Å². The highest BCUT2D eigenvalue weighted by Crippen LogP contribution is 2.40. The van der Waals surface area contributed by atoms with Crippen LogP contribution < -0.4 is 0 Å². The Morgan fingerprint density at radius 1 is 0.750 bits per heavy atom. The molecule has 0 heterocycles. The van der Waals surface area contributed by atoms with Gasteiger partial charge in [-0.3, -0.25) is 4.55 Å². The van der Waals surface area contributed by atoms with Gasteiger partial charge in [-0.1, -0.05) is 62.4 Å². The third-order valence-electron chi connectivity index (χ3n) is 6.19. The van der Waals surface area contributed by atoms with Gasteiger partial charge in [0.1, 0.15) is 0 Å². The van der Waals surface area contributed by atoms with E-state index in [4.69, 9.17) is 0 Å². The van der Waals surface area contributed by atoms with Crippen LogP contribution in [-0.2, 0) is 10.1 Å². The topological polar surface area (TPSA) is 94.8 Å². The zero-order valence-corrected chi connectivity index (χ0v) is 19.2. The highest BCUT2D eigenvalue weighted by Gasteiger charge is 2.23. The van der Waals surface area contributed by atoms with Gasteiger partial charge in [0, 0.05) is 0 Å². The first kappa shape index (κ1) is 23.8. The maximum absolute atomic E-state index is 11.4. The molecule has 3 atom stereocenters. The normalized spacial score (nSPS) is 14.6. The maximum atomic E-state index is 11.4. The van der Waals surface area contributed by atoms with Gasteiger partial charge in [-0.15, -0.1) is 0 Å². The summed E-state index contributed by atoms with van der Waals surface area (Å²) in [5.74, 6) is 0.288. The van der Waals surface area contributed by atoms with Crippen molar-refractivity contribution in [3.8, 4) is 11.5 Å². The second-order valence-electron chi connectivity index (χ2n) is 8.38. The molecule has 3 N–H and O–H groups in total. The maximum Gasteiger partial charge on any atom is 0.294 e. The summed E-state index contributed by atoms with van der Waals surface area (Å²) in [5, 5.41) is 19.8. The van der Waals surface area contributed by atoms with Crippen molar-refractivity contribution in [2.24, 2.45) is 0 Å². The molecule has 0 radical (unpaired) electrons. The van der Waals surface area contributed by atoms with E-state index < -0.39 is 10.1 Å². The van der Waals surface area contributed by atoms with Gasteiger partial charge in [-0.25, -0.2) is 0 Å². The van der Waals surface area contributed by atoms with E-state index in [0.717, 1.165) is 30.4 Å². The van der Waals surface area contributed by atoms with Crippen LogP contribution in [0.5, 0.6) is 11.5 Å². The molecule has 0 bridgehead atoms. The van der Waals surface area contributed by atoms with Crippen LogP contribution in [0.15, 0.2) is 77.7 Å². The van der Waals surface area contributed by atoms with Crippen LogP contribution in [0.25, 0.3) is 0 Å². The molecule has 32 heavy (non-hydrogen) atoms. The zero-order valence-electron chi connectivity index (χ0n) is 18.3. The van der Waals surface area contributed by atoms with Gasteiger partial charge in [0.05, 0.1) is 4.90 Å². The molecule has 0 aliphatic rings. The van der Waals surface area contributed by atoms with Crippen LogP contribution in [0.2, 0.25) is 0 Å². The van der Waals surface area contributed by atoms with Crippen molar-refractivity contribution >= 4 is 10.1 Å². The molecular weight excluding hydrogens is 424 g/mol. The van der Waals surface area contributed by atoms with E-state index in [9.17, 15) is 23.2 Å². The molecule has 0 aromatic heterocycles.